The molecule has 1 heterocycles. The fourth-order valence-electron chi connectivity index (χ4n) is 1.90. The molecule has 5 nitrogen and oxygen atoms in total. The molecule has 132 valence electrons. The number of thiazole rings is 1. The average Bonchev–Trinajstić information content (AvgIpc) is 3.02. The van der Waals surface area contributed by atoms with E-state index in [2.05, 4.69) is 15.6 Å². The molecule has 1 aromatic heterocycles. The molecular formula is C17H24ClN3O2S. The summed E-state index contributed by atoms with van der Waals surface area (Å²) in [5, 5.41) is 8.56. The van der Waals surface area contributed by atoms with Gasteiger partial charge in [0.1, 0.15) is 16.5 Å². The van der Waals surface area contributed by atoms with E-state index in [0.29, 0.717) is 12.2 Å². The minimum absolute atomic E-state index is 0. The summed E-state index contributed by atoms with van der Waals surface area (Å²) in [5.74, 6) is 0.689. The van der Waals surface area contributed by atoms with E-state index in [4.69, 9.17) is 4.74 Å². The number of rotatable bonds is 7. The van der Waals surface area contributed by atoms with Crippen LogP contribution in [0.15, 0.2) is 29.6 Å². The van der Waals surface area contributed by atoms with Gasteiger partial charge in [0.25, 0.3) is 5.91 Å². The predicted octanol–water partition coefficient (Wildman–Crippen LogP) is 3.36. The lowest BCUT2D eigenvalue weighted by atomic mass is 10.2. The van der Waals surface area contributed by atoms with Gasteiger partial charge in [-0.2, -0.15) is 0 Å². The highest BCUT2D eigenvalue weighted by molar-refractivity contribution is 7.13. The van der Waals surface area contributed by atoms with Crippen molar-refractivity contribution in [2.75, 3.05) is 13.6 Å². The fourth-order valence-corrected chi connectivity index (χ4v) is 2.70. The van der Waals surface area contributed by atoms with E-state index in [1.807, 2.05) is 52.1 Å². The van der Waals surface area contributed by atoms with Gasteiger partial charge in [-0.25, -0.2) is 4.98 Å². The topological polar surface area (TPSA) is 63.2 Å². The molecule has 7 heteroatoms. The number of nitrogens with zero attached hydrogens (tertiary/aromatic N) is 1. The van der Waals surface area contributed by atoms with Gasteiger partial charge in [0.2, 0.25) is 0 Å². The third-order valence-electron chi connectivity index (χ3n) is 3.27. The first-order chi connectivity index (χ1) is 11.0. The van der Waals surface area contributed by atoms with Gasteiger partial charge < -0.3 is 15.4 Å². The van der Waals surface area contributed by atoms with Crippen molar-refractivity contribution < 1.29 is 9.53 Å². The molecule has 2 rings (SSSR count). The van der Waals surface area contributed by atoms with Gasteiger partial charge in [-0.3, -0.25) is 4.79 Å². The summed E-state index contributed by atoms with van der Waals surface area (Å²) in [6, 6.07) is 7.99. The van der Waals surface area contributed by atoms with E-state index in [1.165, 1.54) is 11.3 Å². The van der Waals surface area contributed by atoms with Crippen molar-refractivity contribution in [1.82, 2.24) is 15.6 Å². The van der Waals surface area contributed by atoms with E-state index < -0.39 is 0 Å². The maximum atomic E-state index is 12.1. The minimum atomic E-state index is -0.144. The van der Waals surface area contributed by atoms with Crippen LogP contribution in [0.3, 0.4) is 0 Å². The molecule has 0 aliphatic rings. The first kappa shape index (κ1) is 20.4. The number of likely N-dealkylation sites (N-methyl/N-ethyl adjacent to an activating group) is 1. The normalized spacial score (nSPS) is 11.7. The molecule has 1 atom stereocenters. The van der Waals surface area contributed by atoms with Crippen molar-refractivity contribution >= 4 is 29.7 Å². The third kappa shape index (κ3) is 5.78. The molecule has 0 saturated carbocycles. The summed E-state index contributed by atoms with van der Waals surface area (Å²) in [5.41, 5.74) is 1.43. The number of amides is 1. The van der Waals surface area contributed by atoms with Crippen LogP contribution in [0.25, 0.3) is 10.6 Å². The van der Waals surface area contributed by atoms with Crippen LogP contribution < -0.4 is 15.4 Å². The maximum absolute atomic E-state index is 12.1. The fraction of sp³-hybridized carbons (Fsp3) is 0.412. The van der Waals surface area contributed by atoms with Gasteiger partial charge >= 0.3 is 0 Å². The second-order valence-electron chi connectivity index (χ2n) is 5.63. The Morgan fingerprint density at radius 1 is 1.25 bits per heavy atom. The van der Waals surface area contributed by atoms with Crippen molar-refractivity contribution in [1.29, 1.82) is 0 Å². The molecule has 0 aliphatic heterocycles. The monoisotopic (exact) mass is 369 g/mol. The van der Waals surface area contributed by atoms with E-state index in [1.54, 1.807) is 5.38 Å². The molecule has 1 amide bonds. The smallest absolute Gasteiger partial charge is 0.270 e. The maximum Gasteiger partial charge on any atom is 0.270 e. The standard InChI is InChI=1S/C17H23N3O2S.ClH/c1-11(2)22-14-7-5-13(6-8-14)17-20-15(10-23-17)16(21)19-9-12(3)18-4;/h5-8,10-12,18H,9H2,1-4H3,(H,19,21);1H. The first-order valence-corrected chi connectivity index (χ1v) is 8.55. The zero-order valence-electron chi connectivity index (χ0n) is 14.3. The van der Waals surface area contributed by atoms with Gasteiger partial charge in [-0.1, -0.05) is 0 Å². The lowest BCUT2D eigenvalue weighted by molar-refractivity contribution is 0.0946. The Labute approximate surface area is 153 Å². The quantitative estimate of drug-likeness (QED) is 0.785. The highest BCUT2D eigenvalue weighted by Crippen LogP contribution is 2.26. The zero-order valence-corrected chi connectivity index (χ0v) is 16.0. The Bertz CT molecular complexity index is 644. The summed E-state index contributed by atoms with van der Waals surface area (Å²) in [6.07, 6.45) is 0.149. The summed E-state index contributed by atoms with van der Waals surface area (Å²) >= 11 is 1.46. The summed E-state index contributed by atoms with van der Waals surface area (Å²) in [4.78, 5) is 16.5. The third-order valence-corrected chi connectivity index (χ3v) is 4.16. The molecule has 0 saturated heterocycles. The Balaban J connectivity index is 0.00000288. The van der Waals surface area contributed by atoms with E-state index in [-0.39, 0.29) is 30.5 Å². The molecule has 0 spiro atoms. The number of carbonyl (C=O) groups is 1. The Morgan fingerprint density at radius 2 is 1.92 bits per heavy atom. The number of nitrogens with one attached hydrogen (secondary N) is 2. The minimum Gasteiger partial charge on any atom is -0.491 e. The Morgan fingerprint density at radius 3 is 2.50 bits per heavy atom. The van der Waals surface area contributed by atoms with E-state index in [0.717, 1.165) is 16.3 Å². The Kier molecular flexibility index (Phi) is 8.18. The molecule has 2 N–H and O–H groups in total. The first-order valence-electron chi connectivity index (χ1n) is 7.67. The van der Waals surface area contributed by atoms with Crippen LogP contribution in [0.4, 0.5) is 0 Å². The second kappa shape index (κ2) is 9.61. The summed E-state index contributed by atoms with van der Waals surface area (Å²) in [6.45, 7) is 6.57. The highest BCUT2D eigenvalue weighted by Gasteiger charge is 2.12. The van der Waals surface area contributed by atoms with Crippen molar-refractivity contribution in [3.05, 3.63) is 35.3 Å². The van der Waals surface area contributed by atoms with Crippen molar-refractivity contribution in [2.45, 2.75) is 32.9 Å². The lowest BCUT2D eigenvalue weighted by Gasteiger charge is -2.10. The van der Waals surface area contributed by atoms with Crippen LogP contribution in [0.5, 0.6) is 5.75 Å². The average molecular weight is 370 g/mol. The predicted molar refractivity (Wildman–Crippen MR) is 101 cm³/mol. The highest BCUT2D eigenvalue weighted by atomic mass is 35.5. The number of benzene rings is 1. The molecule has 0 bridgehead atoms. The van der Waals surface area contributed by atoms with Crippen molar-refractivity contribution in [2.24, 2.45) is 0 Å². The number of carbonyl (C=O) groups excluding carboxylic acids is 1. The number of hydrogen-bond donors (Lipinski definition) is 2. The van der Waals surface area contributed by atoms with Gasteiger partial charge in [-0.15, -0.1) is 23.7 Å². The van der Waals surface area contributed by atoms with Gasteiger partial charge in [0.05, 0.1) is 6.10 Å². The van der Waals surface area contributed by atoms with Crippen LogP contribution >= 0.6 is 23.7 Å². The SMILES string of the molecule is CNC(C)CNC(=O)c1csc(-c2ccc(OC(C)C)cc2)n1.Cl. The van der Waals surface area contributed by atoms with Gasteiger partial charge in [0.15, 0.2) is 0 Å². The molecule has 2 aromatic rings. The Hall–Kier alpha value is -1.63. The molecule has 1 aromatic carbocycles. The van der Waals surface area contributed by atoms with E-state index in [9.17, 15) is 4.79 Å². The van der Waals surface area contributed by atoms with Crippen LogP contribution in [-0.4, -0.2) is 36.6 Å². The molecule has 0 aliphatic carbocycles. The second-order valence-corrected chi connectivity index (χ2v) is 6.49. The summed E-state index contributed by atoms with van der Waals surface area (Å²) in [7, 11) is 1.87. The van der Waals surface area contributed by atoms with Gasteiger partial charge in [0, 0.05) is 23.5 Å². The lowest BCUT2D eigenvalue weighted by Crippen LogP contribution is -2.37. The number of aromatic nitrogens is 1. The number of hydrogen-bond acceptors (Lipinski definition) is 5. The van der Waals surface area contributed by atoms with Crippen LogP contribution in [0.1, 0.15) is 31.3 Å². The van der Waals surface area contributed by atoms with Crippen LogP contribution in [-0.2, 0) is 0 Å². The number of ether oxygens (including phenoxy) is 1. The largest absolute Gasteiger partial charge is 0.491 e. The zero-order chi connectivity index (χ0) is 16.8. The molecule has 1 unspecified atom stereocenters. The molecular weight excluding hydrogens is 346 g/mol. The molecule has 24 heavy (non-hydrogen) atoms. The van der Waals surface area contributed by atoms with Crippen LogP contribution in [0.2, 0.25) is 0 Å². The summed E-state index contributed by atoms with van der Waals surface area (Å²) < 4.78 is 5.63. The van der Waals surface area contributed by atoms with Crippen LogP contribution in [0, 0.1) is 0 Å². The molecule has 0 radical (unpaired) electrons. The van der Waals surface area contributed by atoms with Crippen molar-refractivity contribution in [3.63, 3.8) is 0 Å². The van der Waals surface area contributed by atoms with Gasteiger partial charge in [-0.05, 0) is 52.1 Å². The van der Waals surface area contributed by atoms with E-state index >= 15 is 0 Å². The van der Waals surface area contributed by atoms with Crippen molar-refractivity contribution in [3.8, 4) is 16.3 Å². The number of halogens is 1. The molecule has 0 fully saturated rings.